The van der Waals surface area contributed by atoms with Gasteiger partial charge in [-0.1, -0.05) is 6.92 Å². The third-order valence-electron chi connectivity index (χ3n) is 2.32. The standard InChI is InChI=1S/C11H20N4O4S/c1-3-5-13-20(17,18)14-6-7-15-8-10(12-9-15)11(16)19-4-2/h8-9,13-14H,3-7H2,1-2H3. The van der Waals surface area contributed by atoms with Crippen molar-refractivity contribution in [1.29, 1.82) is 0 Å². The van der Waals surface area contributed by atoms with Crippen molar-refractivity contribution in [2.45, 2.75) is 26.8 Å². The van der Waals surface area contributed by atoms with Crippen LogP contribution in [0.5, 0.6) is 0 Å². The van der Waals surface area contributed by atoms with E-state index in [1.807, 2.05) is 6.92 Å². The predicted molar refractivity (Wildman–Crippen MR) is 73.4 cm³/mol. The van der Waals surface area contributed by atoms with Crippen molar-refractivity contribution in [2.75, 3.05) is 19.7 Å². The smallest absolute Gasteiger partial charge is 0.358 e. The van der Waals surface area contributed by atoms with Gasteiger partial charge in [0.2, 0.25) is 0 Å². The molecular formula is C11H20N4O4S. The largest absolute Gasteiger partial charge is 0.461 e. The lowest BCUT2D eigenvalue weighted by molar-refractivity contribution is 0.0520. The van der Waals surface area contributed by atoms with Gasteiger partial charge in [0, 0.05) is 25.8 Å². The summed E-state index contributed by atoms with van der Waals surface area (Å²) >= 11 is 0. The molecule has 0 bridgehead atoms. The number of hydrogen-bond acceptors (Lipinski definition) is 5. The number of rotatable bonds is 9. The number of esters is 1. The van der Waals surface area contributed by atoms with Crippen LogP contribution in [0.4, 0.5) is 0 Å². The normalized spacial score (nSPS) is 11.5. The number of hydrogen-bond donors (Lipinski definition) is 2. The van der Waals surface area contributed by atoms with Crippen LogP contribution in [-0.4, -0.2) is 43.6 Å². The van der Waals surface area contributed by atoms with Crippen molar-refractivity contribution in [3.05, 3.63) is 18.2 Å². The number of imidazole rings is 1. The summed E-state index contributed by atoms with van der Waals surface area (Å²) in [6.45, 7) is 4.86. The molecule has 0 unspecified atom stereocenters. The van der Waals surface area contributed by atoms with Gasteiger partial charge in [-0.3, -0.25) is 0 Å². The van der Waals surface area contributed by atoms with E-state index >= 15 is 0 Å². The van der Waals surface area contributed by atoms with Crippen LogP contribution < -0.4 is 9.44 Å². The summed E-state index contributed by atoms with van der Waals surface area (Å²) < 4.78 is 34.1. The van der Waals surface area contributed by atoms with E-state index in [0.29, 0.717) is 13.1 Å². The monoisotopic (exact) mass is 304 g/mol. The topological polar surface area (TPSA) is 102 Å². The van der Waals surface area contributed by atoms with E-state index in [2.05, 4.69) is 14.4 Å². The zero-order valence-corrected chi connectivity index (χ0v) is 12.4. The molecule has 1 heterocycles. The number of aromatic nitrogens is 2. The average molecular weight is 304 g/mol. The molecule has 0 aliphatic carbocycles. The number of carbonyl (C=O) groups is 1. The van der Waals surface area contributed by atoms with Gasteiger partial charge in [0.15, 0.2) is 5.69 Å². The lowest BCUT2D eigenvalue weighted by Crippen LogP contribution is -2.38. The zero-order valence-electron chi connectivity index (χ0n) is 11.6. The molecule has 1 rings (SSSR count). The highest BCUT2D eigenvalue weighted by Crippen LogP contribution is 1.98. The Bertz CT molecular complexity index is 526. The van der Waals surface area contributed by atoms with E-state index in [1.165, 1.54) is 12.5 Å². The summed E-state index contributed by atoms with van der Waals surface area (Å²) in [6, 6.07) is 0. The molecule has 20 heavy (non-hydrogen) atoms. The maximum atomic E-state index is 11.5. The van der Waals surface area contributed by atoms with Crippen LogP contribution in [0, 0.1) is 0 Å². The molecule has 0 radical (unpaired) electrons. The lowest BCUT2D eigenvalue weighted by atomic mass is 10.5. The molecule has 0 saturated carbocycles. The summed E-state index contributed by atoms with van der Waals surface area (Å²) in [5.74, 6) is -0.489. The summed E-state index contributed by atoms with van der Waals surface area (Å²) in [5, 5.41) is 0. The zero-order chi connectivity index (χ0) is 15.0. The molecule has 0 aliphatic rings. The molecular weight excluding hydrogens is 284 g/mol. The second-order valence-electron chi connectivity index (χ2n) is 4.01. The molecule has 0 atom stereocenters. The Hall–Kier alpha value is -1.45. The fourth-order valence-corrected chi connectivity index (χ4v) is 2.32. The van der Waals surface area contributed by atoms with Crippen molar-refractivity contribution in [2.24, 2.45) is 0 Å². The van der Waals surface area contributed by atoms with Gasteiger partial charge in [-0.2, -0.15) is 8.42 Å². The number of ether oxygens (including phenoxy) is 1. The molecule has 114 valence electrons. The van der Waals surface area contributed by atoms with Gasteiger partial charge >= 0.3 is 5.97 Å². The average Bonchev–Trinajstić information content (AvgIpc) is 2.85. The summed E-state index contributed by atoms with van der Waals surface area (Å²) in [5.41, 5.74) is 0.207. The van der Waals surface area contributed by atoms with Crippen molar-refractivity contribution < 1.29 is 17.9 Å². The van der Waals surface area contributed by atoms with E-state index in [9.17, 15) is 13.2 Å². The third-order valence-corrected chi connectivity index (χ3v) is 3.49. The third kappa shape index (κ3) is 5.68. The van der Waals surface area contributed by atoms with Gasteiger partial charge in [0.05, 0.1) is 12.9 Å². The van der Waals surface area contributed by atoms with E-state index in [4.69, 9.17) is 4.74 Å². The maximum Gasteiger partial charge on any atom is 0.358 e. The van der Waals surface area contributed by atoms with E-state index in [-0.39, 0.29) is 18.8 Å². The van der Waals surface area contributed by atoms with Gasteiger partial charge in [-0.15, -0.1) is 0 Å². The highest BCUT2D eigenvalue weighted by atomic mass is 32.2. The van der Waals surface area contributed by atoms with Gasteiger partial charge in [-0.25, -0.2) is 19.2 Å². The van der Waals surface area contributed by atoms with Crippen molar-refractivity contribution in [3.8, 4) is 0 Å². The Morgan fingerprint density at radius 3 is 2.70 bits per heavy atom. The molecule has 0 aromatic carbocycles. The fraction of sp³-hybridized carbons (Fsp3) is 0.636. The Balaban J connectivity index is 2.41. The highest BCUT2D eigenvalue weighted by Gasteiger charge is 2.11. The molecule has 8 nitrogen and oxygen atoms in total. The van der Waals surface area contributed by atoms with Crippen LogP contribution in [0.25, 0.3) is 0 Å². The van der Waals surface area contributed by atoms with Crippen molar-refractivity contribution in [1.82, 2.24) is 19.0 Å². The van der Waals surface area contributed by atoms with Crippen LogP contribution in [-0.2, 0) is 21.5 Å². The quantitative estimate of drug-likeness (QED) is 0.620. The molecule has 1 aromatic heterocycles. The fourth-order valence-electron chi connectivity index (χ4n) is 1.39. The van der Waals surface area contributed by atoms with Crippen LogP contribution >= 0.6 is 0 Å². The molecule has 0 aliphatic heterocycles. The highest BCUT2D eigenvalue weighted by molar-refractivity contribution is 7.87. The first kappa shape index (κ1) is 16.6. The van der Waals surface area contributed by atoms with Gasteiger partial charge in [-0.05, 0) is 13.3 Å². The lowest BCUT2D eigenvalue weighted by Gasteiger charge is -2.07. The SMILES string of the molecule is CCCNS(=O)(=O)NCCn1cnc(C(=O)OCC)c1. The van der Waals surface area contributed by atoms with E-state index in [0.717, 1.165) is 6.42 Å². The molecule has 2 N–H and O–H groups in total. The molecule has 0 fully saturated rings. The predicted octanol–water partition coefficient (Wildman–Crippen LogP) is -0.106. The number of carbonyl (C=O) groups excluding carboxylic acids is 1. The first-order valence-corrected chi connectivity index (χ1v) is 7.90. The van der Waals surface area contributed by atoms with E-state index < -0.39 is 16.2 Å². The summed E-state index contributed by atoms with van der Waals surface area (Å²) in [6.07, 6.45) is 3.71. The van der Waals surface area contributed by atoms with Gasteiger partial charge < -0.3 is 9.30 Å². The second kappa shape index (κ2) is 7.98. The summed E-state index contributed by atoms with van der Waals surface area (Å²) in [7, 11) is -3.46. The molecule has 0 amide bonds. The number of nitrogens with zero attached hydrogens (tertiary/aromatic N) is 2. The van der Waals surface area contributed by atoms with Crippen LogP contribution in [0.2, 0.25) is 0 Å². The van der Waals surface area contributed by atoms with Crippen LogP contribution in [0.3, 0.4) is 0 Å². The van der Waals surface area contributed by atoms with Crippen LogP contribution in [0.15, 0.2) is 12.5 Å². The molecule has 0 saturated heterocycles. The Morgan fingerprint density at radius 1 is 1.35 bits per heavy atom. The maximum absolute atomic E-state index is 11.5. The first-order chi connectivity index (χ1) is 9.48. The molecule has 9 heteroatoms. The number of nitrogens with one attached hydrogen (secondary N) is 2. The minimum absolute atomic E-state index is 0.206. The van der Waals surface area contributed by atoms with Crippen molar-refractivity contribution in [3.63, 3.8) is 0 Å². The van der Waals surface area contributed by atoms with Gasteiger partial charge in [0.25, 0.3) is 10.2 Å². The molecule has 0 spiro atoms. The van der Waals surface area contributed by atoms with Crippen LogP contribution in [0.1, 0.15) is 30.8 Å². The Labute approximate surface area is 118 Å². The second-order valence-corrected chi connectivity index (χ2v) is 5.59. The Kier molecular flexibility index (Phi) is 6.62. The molecule has 1 aromatic rings. The minimum Gasteiger partial charge on any atom is -0.461 e. The Morgan fingerprint density at radius 2 is 2.05 bits per heavy atom. The van der Waals surface area contributed by atoms with E-state index in [1.54, 1.807) is 11.5 Å². The first-order valence-electron chi connectivity index (χ1n) is 6.41. The summed E-state index contributed by atoms with van der Waals surface area (Å²) in [4.78, 5) is 15.3. The minimum atomic E-state index is -3.46. The van der Waals surface area contributed by atoms with Gasteiger partial charge in [0.1, 0.15) is 0 Å². The van der Waals surface area contributed by atoms with Crippen molar-refractivity contribution >= 4 is 16.2 Å².